The van der Waals surface area contributed by atoms with E-state index in [2.05, 4.69) is 15.0 Å². The van der Waals surface area contributed by atoms with Gasteiger partial charge in [0.15, 0.2) is 5.17 Å². The third-order valence-corrected chi connectivity index (χ3v) is 5.29. The number of hydrogen-bond donors (Lipinski definition) is 1. The fraction of sp³-hybridized carbons (Fsp3) is 0.211. The number of carbonyl (C=O) groups excluding carboxylic acids is 2. The summed E-state index contributed by atoms with van der Waals surface area (Å²) in [6, 6.07) is 10.6. The van der Waals surface area contributed by atoms with Crippen molar-refractivity contribution in [3.63, 3.8) is 0 Å². The fourth-order valence-electron chi connectivity index (χ4n) is 2.49. The zero-order chi connectivity index (χ0) is 21.9. The topological polar surface area (TPSA) is 71.0 Å². The summed E-state index contributed by atoms with van der Waals surface area (Å²) in [7, 11) is 1.54. The van der Waals surface area contributed by atoms with Crippen molar-refractivity contribution < 1.29 is 27.5 Å². The molecule has 1 fully saturated rings. The number of halogens is 4. The lowest BCUT2D eigenvalue weighted by atomic mass is 10.2. The number of hydrogen-bond acceptors (Lipinski definition) is 5. The van der Waals surface area contributed by atoms with Gasteiger partial charge >= 0.3 is 5.57 Å². The zero-order valence-corrected chi connectivity index (χ0v) is 17.0. The van der Waals surface area contributed by atoms with Crippen LogP contribution in [0.3, 0.4) is 0 Å². The van der Waals surface area contributed by atoms with Crippen LogP contribution >= 0.6 is 23.4 Å². The maximum absolute atomic E-state index is 13.1. The Hall–Kier alpha value is -2.72. The first-order valence-corrected chi connectivity index (χ1v) is 9.80. The number of nitrogens with one attached hydrogen (secondary N) is 1. The van der Waals surface area contributed by atoms with E-state index in [9.17, 15) is 22.8 Å². The highest BCUT2D eigenvalue weighted by Gasteiger charge is 2.34. The molecular formula is C19H15ClF3N3O3S. The average molecular weight is 458 g/mol. The van der Waals surface area contributed by atoms with Crippen LogP contribution in [0.4, 0.5) is 24.5 Å². The lowest BCUT2D eigenvalue weighted by Crippen LogP contribution is -2.43. The quantitative estimate of drug-likeness (QED) is 0.667. The summed E-state index contributed by atoms with van der Waals surface area (Å²) in [5, 5.41) is 2.16. The number of nitrogens with zero attached hydrogens (tertiary/aromatic N) is 2. The number of benzene rings is 2. The van der Waals surface area contributed by atoms with Crippen LogP contribution in [0.1, 0.15) is 6.42 Å². The van der Waals surface area contributed by atoms with Gasteiger partial charge in [-0.1, -0.05) is 11.8 Å². The van der Waals surface area contributed by atoms with Gasteiger partial charge in [-0.2, -0.15) is 0 Å². The second kappa shape index (κ2) is 8.97. The van der Waals surface area contributed by atoms with Crippen molar-refractivity contribution in [3.05, 3.63) is 54.3 Å². The number of thioether (sulfide) groups is 1. The van der Waals surface area contributed by atoms with Crippen molar-refractivity contribution >= 4 is 51.7 Å². The summed E-state index contributed by atoms with van der Waals surface area (Å²) >= 11 is 5.79. The van der Waals surface area contributed by atoms with Crippen LogP contribution in [-0.4, -0.2) is 39.7 Å². The molecule has 0 bridgehead atoms. The third kappa shape index (κ3) is 5.90. The van der Waals surface area contributed by atoms with Crippen molar-refractivity contribution in [2.24, 2.45) is 4.99 Å². The van der Waals surface area contributed by atoms with E-state index >= 15 is 0 Å². The number of alkyl halides is 3. The molecule has 158 valence electrons. The lowest BCUT2D eigenvalue weighted by Gasteiger charge is -2.28. The van der Waals surface area contributed by atoms with Gasteiger partial charge in [-0.05, 0) is 48.5 Å². The van der Waals surface area contributed by atoms with E-state index in [-0.39, 0.29) is 18.1 Å². The molecule has 2 aromatic carbocycles. The Kier molecular flexibility index (Phi) is 6.57. The second-order valence-electron chi connectivity index (χ2n) is 6.20. The maximum Gasteiger partial charge on any atom is 0.487 e. The Bertz CT molecular complexity index is 966. The van der Waals surface area contributed by atoms with Gasteiger partial charge in [0.1, 0.15) is 16.8 Å². The predicted molar refractivity (Wildman–Crippen MR) is 109 cm³/mol. The molecule has 0 spiro atoms. The van der Waals surface area contributed by atoms with Crippen molar-refractivity contribution in [2.75, 3.05) is 12.4 Å². The molecule has 1 aliphatic heterocycles. The molecule has 1 saturated heterocycles. The van der Waals surface area contributed by atoms with E-state index in [1.807, 2.05) is 0 Å². The molecule has 6 nitrogen and oxygen atoms in total. The monoisotopic (exact) mass is 457 g/mol. The van der Waals surface area contributed by atoms with Gasteiger partial charge in [-0.25, -0.2) is 9.38 Å². The summed E-state index contributed by atoms with van der Waals surface area (Å²) in [6.07, 6.45) is -0.0465. The molecule has 1 atom stereocenters. The average Bonchev–Trinajstić information content (AvgIpc) is 2.67. The summed E-state index contributed by atoms with van der Waals surface area (Å²) in [4.78, 5) is 30.5. The van der Waals surface area contributed by atoms with E-state index in [0.29, 0.717) is 16.5 Å². The fourth-order valence-corrected chi connectivity index (χ4v) is 3.64. The van der Waals surface area contributed by atoms with Crippen molar-refractivity contribution in [1.82, 2.24) is 4.90 Å². The number of aliphatic imine (C=N–C) groups is 1. The lowest BCUT2D eigenvalue weighted by molar-refractivity contribution is -0.128. The first-order chi connectivity index (χ1) is 14.1. The molecule has 3 rings (SSSR count). The van der Waals surface area contributed by atoms with Gasteiger partial charge in [0.05, 0.1) is 5.69 Å². The zero-order valence-electron chi connectivity index (χ0n) is 15.4. The molecule has 1 heterocycles. The molecule has 2 aromatic rings. The van der Waals surface area contributed by atoms with E-state index in [4.69, 9.17) is 11.6 Å². The van der Waals surface area contributed by atoms with Gasteiger partial charge in [0, 0.05) is 30.8 Å². The van der Waals surface area contributed by atoms with Crippen LogP contribution in [0, 0.1) is 5.82 Å². The van der Waals surface area contributed by atoms with E-state index in [1.54, 1.807) is 0 Å². The third-order valence-electron chi connectivity index (χ3n) is 3.97. The molecular weight excluding hydrogens is 443 g/mol. The number of amides is 2. The number of ether oxygens (including phenoxy) is 1. The highest BCUT2D eigenvalue weighted by Crippen LogP contribution is 2.30. The molecule has 1 N–H and O–H groups in total. The van der Waals surface area contributed by atoms with Crippen molar-refractivity contribution in [1.29, 1.82) is 0 Å². The Morgan fingerprint density at radius 1 is 1.23 bits per heavy atom. The highest BCUT2D eigenvalue weighted by atomic mass is 35.5. The predicted octanol–water partition coefficient (Wildman–Crippen LogP) is 4.58. The molecule has 0 radical (unpaired) electrons. The van der Waals surface area contributed by atoms with Crippen LogP contribution in [-0.2, 0) is 9.59 Å². The molecule has 1 aliphatic rings. The molecule has 1 unspecified atom stereocenters. The number of amidine groups is 1. The first kappa shape index (κ1) is 22.0. The Morgan fingerprint density at radius 3 is 2.47 bits per heavy atom. The van der Waals surface area contributed by atoms with Crippen LogP contribution in [0.25, 0.3) is 0 Å². The summed E-state index contributed by atoms with van der Waals surface area (Å²) in [6.45, 7) is 0. The summed E-state index contributed by atoms with van der Waals surface area (Å²) < 4.78 is 42.6. The van der Waals surface area contributed by atoms with Gasteiger partial charge in [-0.3, -0.25) is 14.5 Å². The minimum absolute atomic E-state index is 0.0465. The van der Waals surface area contributed by atoms with Gasteiger partial charge in [0.2, 0.25) is 11.8 Å². The van der Waals surface area contributed by atoms with Crippen molar-refractivity contribution in [3.8, 4) is 5.75 Å². The number of anilines is 1. The Balaban J connectivity index is 1.69. The molecule has 2 amide bonds. The molecule has 30 heavy (non-hydrogen) atoms. The van der Waals surface area contributed by atoms with Gasteiger partial charge < -0.3 is 10.1 Å². The van der Waals surface area contributed by atoms with Crippen LogP contribution in [0.5, 0.6) is 5.75 Å². The van der Waals surface area contributed by atoms with E-state index in [0.717, 1.165) is 11.8 Å². The molecule has 11 heteroatoms. The Labute approximate surface area is 179 Å². The smallest absolute Gasteiger partial charge is 0.420 e. The minimum atomic E-state index is -3.84. The Morgan fingerprint density at radius 2 is 1.87 bits per heavy atom. The number of carbonyl (C=O) groups is 2. The SMILES string of the molecule is CN1C(=O)CC(C(=O)Nc2ccc(OC(F)(F)Cl)cc2)SC1=Nc1ccc(F)cc1. The largest absolute Gasteiger partial charge is 0.487 e. The maximum atomic E-state index is 13.1. The number of rotatable bonds is 5. The summed E-state index contributed by atoms with van der Waals surface area (Å²) in [5.74, 6) is -1.35. The molecule has 0 aromatic heterocycles. The minimum Gasteiger partial charge on any atom is -0.420 e. The normalized spacial score (nSPS) is 18.4. The van der Waals surface area contributed by atoms with E-state index in [1.165, 1.54) is 60.5 Å². The summed E-state index contributed by atoms with van der Waals surface area (Å²) in [5.41, 5.74) is -3.07. The van der Waals surface area contributed by atoms with E-state index < -0.39 is 22.5 Å². The van der Waals surface area contributed by atoms with Crippen LogP contribution in [0.15, 0.2) is 53.5 Å². The first-order valence-electron chi connectivity index (χ1n) is 8.55. The van der Waals surface area contributed by atoms with Gasteiger partial charge in [0.25, 0.3) is 0 Å². The van der Waals surface area contributed by atoms with Crippen LogP contribution in [0.2, 0.25) is 0 Å². The van der Waals surface area contributed by atoms with Crippen LogP contribution < -0.4 is 10.1 Å². The highest BCUT2D eigenvalue weighted by molar-refractivity contribution is 8.15. The van der Waals surface area contributed by atoms with Gasteiger partial charge in [-0.15, -0.1) is 8.78 Å². The second-order valence-corrected chi connectivity index (χ2v) is 7.81. The standard InChI is InChI=1S/C19H15ClF3N3O3S/c1-26-16(27)10-15(30-18(26)25-13-4-2-11(21)3-5-13)17(28)24-12-6-8-14(9-7-12)29-19(20,22)23/h2-9,15H,10H2,1H3,(H,24,28). The molecule has 0 saturated carbocycles. The molecule has 0 aliphatic carbocycles. The van der Waals surface area contributed by atoms with Crippen molar-refractivity contribution in [2.45, 2.75) is 17.2 Å².